The second-order valence-electron chi connectivity index (χ2n) is 3.68. The van der Waals surface area contributed by atoms with Crippen LogP contribution < -0.4 is 5.73 Å². The van der Waals surface area contributed by atoms with E-state index in [2.05, 4.69) is 23.9 Å². The zero-order valence-corrected chi connectivity index (χ0v) is 8.52. The molecule has 1 atom stereocenters. The van der Waals surface area contributed by atoms with Crippen molar-refractivity contribution in [2.24, 2.45) is 5.92 Å². The molecule has 1 saturated heterocycles. The highest BCUT2D eigenvalue weighted by atomic mass is 32.2. The molecule has 1 aromatic rings. The van der Waals surface area contributed by atoms with Crippen LogP contribution in [0.4, 0.5) is 5.69 Å². The van der Waals surface area contributed by atoms with Crippen LogP contribution in [0.3, 0.4) is 0 Å². The Labute approximate surface area is 83.7 Å². The minimum Gasteiger partial charge on any atom is -0.399 e. The van der Waals surface area contributed by atoms with Crippen molar-refractivity contribution < 1.29 is 0 Å². The average molecular weight is 193 g/mol. The lowest BCUT2D eigenvalue weighted by Crippen LogP contribution is -2.02. The summed E-state index contributed by atoms with van der Waals surface area (Å²) in [6, 6.07) is 8.30. The van der Waals surface area contributed by atoms with Crippen LogP contribution in [-0.4, -0.2) is 11.5 Å². The summed E-state index contributed by atoms with van der Waals surface area (Å²) < 4.78 is 0. The van der Waals surface area contributed by atoms with Crippen LogP contribution in [0.25, 0.3) is 0 Å². The molecule has 1 aromatic carbocycles. The zero-order valence-electron chi connectivity index (χ0n) is 7.70. The normalized spacial score (nSPS) is 22.0. The van der Waals surface area contributed by atoms with Crippen molar-refractivity contribution in [2.75, 3.05) is 17.2 Å². The maximum Gasteiger partial charge on any atom is 0.0314 e. The van der Waals surface area contributed by atoms with Crippen LogP contribution in [0.5, 0.6) is 0 Å². The van der Waals surface area contributed by atoms with Crippen LogP contribution >= 0.6 is 11.8 Å². The molecule has 0 amide bonds. The van der Waals surface area contributed by atoms with Gasteiger partial charge in [0.15, 0.2) is 0 Å². The molecule has 1 nitrogen and oxygen atoms in total. The molecule has 0 radical (unpaired) electrons. The zero-order chi connectivity index (χ0) is 9.10. The number of hydrogen-bond donors (Lipinski definition) is 1. The molecule has 1 aliphatic rings. The van der Waals surface area contributed by atoms with Crippen molar-refractivity contribution in [3.63, 3.8) is 0 Å². The van der Waals surface area contributed by atoms with Crippen molar-refractivity contribution in [3.05, 3.63) is 29.8 Å². The Morgan fingerprint density at radius 3 is 2.69 bits per heavy atom. The topological polar surface area (TPSA) is 26.0 Å². The predicted molar refractivity (Wildman–Crippen MR) is 60.0 cm³/mol. The summed E-state index contributed by atoms with van der Waals surface area (Å²) in [6.45, 7) is 0. The lowest BCUT2D eigenvalue weighted by atomic mass is 9.99. The number of benzene rings is 1. The molecule has 2 heteroatoms. The highest BCUT2D eigenvalue weighted by Gasteiger charge is 2.15. The van der Waals surface area contributed by atoms with Crippen LogP contribution in [0.2, 0.25) is 0 Å². The van der Waals surface area contributed by atoms with Crippen LogP contribution in [0, 0.1) is 5.92 Å². The van der Waals surface area contributed by atoms with Crippen molar-refractivity contribution in [1.29, 1.82) is 0 Å². The number of anilines is 1. The number of hydrogen-bond acceptors (Lipinski definition) is 2. The minimum absolute atomic E-state index is 0.865. The molecular formula is C11H15NS. The molecule has 0 aromatic heterocycles. The highest BCUT2D eigenvalue weighted by Crippen LogP contribution is 2.26. The van der Waals surface area contributed by atoms with E-state index in [4.69, 9.17) is 5.73 Å². The molecule has 1 aliphatic heterocycles. The summed E-state index contributed by atoms with van der Waals surface area (Å²) in [5.41, 5.74) is 7.93. The van der Waals surface area contributed by atoms with E-state index in [0.717, 1.165) is 11.6 Å². The fraction of sp³-hybridized carbons (Fsp3) is 0.455. The molecule has 0 aliphatic carbocycles. The van der Waals surface area contributed by atoms with Gasteiger partial charge in [0.1, 0.15) is 0 Å². The van der Waals surface area contributed by atoms with E-state index < -0.39 is 0 Å². The van der Waals surface area contributed by atoms with Gasteiger partial charge in [-0.15, -0.1) is 0 Å². The Morgan fingerprint density at radius 1 is 1.31 bits per heavy atom. The molecule has 2 N–H and O–H groups in total. The van der Waals surface area contributed by atoms with E-state index >= 15 is 0 Å². The van der Waals surface area contributed by atoms with Gasteiger partial charge in [-0.25, -0.2) is 0 Å². The first-order chi connectivity index (χ1) is 6.34. The van der Waals surface area contributed by atoms with E-state index in [9.17, 15) is 0 Å². The Kier molecular flexibility index (Phi) is 2.79. The van der Waals surface area contributed by atoms with E-state index in [-0.39, 0.29) is 0 Å². The first-order valence-corrected chi connectivity index (χ1v) is 5.92. The van der Waals surface area contributed by atoms with Gasteiger partial charge in [-0.1, -0.05) is 12.1 Å². The molecule has 0 saturated carbocycles. The second-order valence-corrected chi connectivity index (χ2v) is 4.83. The molecule has 1 fully saturated rings. The first kappa shape index (κ1) is 8.95. The first-order valence-electron chi connectivity index (χ1n) is 4.77. The highest BCUT2D eigenvalue weighted by molar-refractivity contribution is 7.99. The summed E-state index contributed by atoms with van der Waals surface area (Å²) in [5, 5.41) is 0. The fourth-order valence-electron chi connectivity index (χ4n) is 1.73. The number of nitrogen functional groups attached to an aromatic ring is 1. The van der Waals surface area contributed by atoms with E-state index in [1.807, 2.05) is 12.1 Å². The van der Waals surface area contributed by atoms with Gasteiger partial charge in [-0.3, -0.25) is 0 Å². The quantitative estimate of drug-likeness (QED) is 0.730. The second kappa shape index (κ2) is 4.05. The fourth-order valence-corrected chi connectivity index (χ4v) is 3.02. The molecule has 70 valence electrons. The average Bonchev–Trinajstić information content (AvgIpc) is 2.62. The van der Waals surface area contributed by atoms with E-state index in [1.54, 1.807) is 0 Å². The molecule has 0 bridgehead atoms. The molecular weight excluding hydrogens is 178 g/mol. The number of thioether (sulfide) groups is 1. The van der Waals surface area contributed by atoms with Crippen molar-refractivity contribution in [1.82, 2.24) is 0 Å². The van der Waals surface area contributed by atoms with Crippen molar-refractivity contribution >= 4 is 17.4 Å². The smallest absolute Gasteiger partial charge is 0.0314 e. The van der Waals surface area contributed by atoms with Gasteiger partial charge < -0.3 is 5.73 Å². The van der Waals surface area contributed by atoms with Gasteiger partial charge in [-0.05, 0) is 48.0 Å². The largest absolute Gasteiger partial charge is 0.399 e. The van der Waals surface area contributed by atoms with Gasteiger partial charge >= 0.3 is 0 Å². The summed E-state index contributed by atoms with van der Waals surface area (Å²) in [7, 11) is 0. The van der Waals surface area contributed by atoms with E-state index in [1.165, 1.54) is 29.9 Å². The molecule has 0 spiro atoms. The SMILES string of the molecule is Nc1ccc(CC2CCSC2)cc1. The van der Waals surface area contributed by atoms with Crippen molar-refractivity contribution in [3.8, 4) is 0 Å². The third kappa shape index (κ3) is 2.41. The molecule has 1 heterocycles. The number of nitrogens with two attached hydrogens (primary N) is 1. The summed E-state index contributed by atoms with van der Waals surface area (Å²) in [5.74, 6) is 3.58. The third-order valence-corrected chi connectivity index (χ3v) is 3.76. The standard InChI is InChI=1S/C11H15NS/c12-11-3-1-9(2-4-11)7-10-5-6-13-8-10/h1-4,10H,5-8,12H2. The third-order valence-electron chi connectivity index (χ3n) is 2.53. The number of rotatable bonds is 2. The Bertz CT molecular complexity index is 262. The van der Waals surface area contributed by atoms with Crippen LogP contribution in [0.1, 0.15) is 12.0 Å². The molecule has 2 rings (SSSR count). The van der Waals surface area contributed by atoms with Crippen LogP contribution in [0.15, 0.2) is 24.3 Å². The van der Waals surface area contributed by atoms with Gasteiger partial charge in [0.2, 0.25) is 0 Å². The maximum absolute atomic E-state index is 5.63. The monoisotopic (exact) mass is 193 g/mol. The van der Waals surface area contributed by atoms with Gasteiger partial charge in [-0.2, -0.15) is 11.8 Å². The Balaban J connectivity index is 1.97. The minimum atomic E-state index is 0.865. The Hall–Kier alpha value is -0.630. The van der Waals surface area contributed by atoms with Crippen molar-refractivity contribution in [2.45, 2.75) is 12.8 Å². The summed E-state index contributed by atoms with van der Waals surface area (Å²) in [4.78, 5) is 0. The lowest BCUT2D eigenvalue weighted by molar-refractivity contribution is 0.596. The molecule has 1 unspecified atom stereocenters. The lowest BCUT2D eigenvalue weighted by Gasteiger charge is -2.07. The van der Waals surface area contributed by atoms with Gasteiger partial charge in [0, 0.05) is 5.69 Å². The van der Waals surface area contributed by atoms with Gasteiger partial charge in [0.25, 0.3) is 0 Å². The summed E-state index contributed by atoms with van der Waals surface area (Å²) in [6.07, 6.45) is 2.61. The predicted octanol–water partition coefficient (Wildman–Crippen LogP) is 2.56. The van der Waals surface area contributed by atoms with Gasteiger partial charge in [0.05, 0.1) is 0 Å². The molecule has 13 heavy (non-hydrogen) atoms. The van der Waals surface area contributed by atoms with Crippen LogP contribution in [-0.2, 0) is 6.42 Å². The van der Waals surface area contributed by atoms with E-state index in [0.29, 0.717) is 0 Å². The summed E-state index contributed by atoms with van der Waals surface area (Å²) >= 11 is 2.08. The maximum atomic E-state index is 5.63. The Morgan fingerprint density at radius 2 is 2.08 bits per heavy atom.